The van der Waals surface area contributed by atoms with Gasteiger partial charge in [-0.25, -0.2) is 0 Å². The fourth-order valence-corrected chi connectivity index (χ4v) is 2.85. The molecule has 0 atom stereocenters. The highest BCUT2D eigenvalue weighted by molar-refractivity contribution is 5.77. The third-order valence-corrected chi connectivity index (χ3v) is 3.87. The van der Waals surface area contributed by atoms with E-state index in [0.29, 0.717) is 11.6 Å². The van der Waals surface area contributed by atoms with Gasteiger partial charge in [-0.3, -0.25) is 9.20 Å². The van der Waals surface area contributed by atoms with E-state index in [1.54, 1.807) is 0 Å². The average Bonchev–Trinajstić information content (AvgIpc) is 2.94. The van der Waals surface area contributed by atoms with Crippen molar-refractivity contribution in [1.82, 2.24) is 19.6 Å². The van der Waals surface area contributed by atoms with Crippen molar-refractivity contribution in [2.24, 2.45) is 0 Å². The van der Waals surface area contributed by atoms with Crippen molar-refractivity contribution in [3.8, 4) is 0 Å². The van der Waals surface area contributed by atoms with E-state index in [4.69, 9.17) is 4.74 Å². The van der Waals surface area contributed by atoms with Gasteiger partial charge in [0.05, 0.1) is 11.0 Å². The predicted molar refractivity (Wildman–Crippen MR) is 73.9 cm³/mol. The van der Waals surface area contributed by atoms with Gasteiger partial charge in [-0.05, 0) is 25.0 Å². The van der Waals surface area contributed by atoms with Crippen LogP contribution >= 0.6 is 0 Å². The zero-order valence-electron chi connectivity index (χ0n) is 10.9. The lowest BCUT2D eigenvalue weighted by Gasteiger charge is -2.20. The molecular weight excluding hydrogens is 256 g/mol. The molecule has 1 aromatic carbocycles. The Hall–Kier alpha value is -2.21. The number of aromatic nitrogens is 4. The maximum Gasteiger partial charge on any atom is 0.294 e. The van der Waals surface area contributed by atoms with Gasteiger partial charge >= 0.3 is 0 Å². The molecule has 1 fully saturated rings. The molecule has 0 aliphatic carbocycles. The summed E-state index contributed by atoms with van der Waals surface area (Å²) in [5.41, 5.74) is 1.91. The number of H-pyrrole nitrogens is 1. The molecule has 0 spiro atoms. The van der Waals surface area contributed by atoms with Crippen molar-refractivity contribution in [2.45, 2.75) is 18.8 Å². The predicted octanol–water partition coefficient (Wildman–Crippen LogP) is 1.46. The molecule has 6 heteroatoms. The number of benzene rings is 1. The van der Waals surface area contributed by atoms with Crippen molar-refractivity contribution >= 4 is 16.7 Å². The van der Waals surface area contributed by atoms with Gasteiger partial charge in [0.2, 0.25) is 5.65 Å². The molecular formula is C14H14N4O2. The first-order valence-corrected chi connectivity index (χ1v) is 6.78. The van der Waals surface area contributed by atoms with E-state index in [2.05, 4.69) is 15.2 Å². The summed E-state index contributed by atoms with van der Waals surface area (Å²) in [4.78, 5) is 14.9. The van der Waals surface area contributed by atoms with Crippen LogP contribution in [0.5, 0.6) is 0 Å². The number of aromatic amines is 1. The van der Waals surface area contributed by atoms with Crippen LogP contribution in [0.25, 0.3) is 16.7 Å². The number of nitrogens with zero attached hydrogens (tertiary/aromatic N) is 3. The number of para-hydroxylation sites is 2. The minimum absolute atomic E-state index is 0.200. The van der Waals surface area contributed by atoms with E-state index in [9.17, 15) is 4.79 Å². The van der Waals surface area contributed by atoms with E-state index < -0.39 is 0 Å². The number of nitrogens with one attached hydrogen (secondary N) is 1. The van der Waals surface area contributed by atoms with Crippen molar-refractivity contribution in [3.05, 3.63) is 40.4 Å². The summed E-state index contributed by atoms with van der Waals surface area (Å²) >= 11 is 0. The fraction of sp³-hybridized carbons (Fsp3) is 0.357. The molecule has 3 aromatic rings. The molecule has 0 radical (unpaired) electrons. The smallest absolute Gasteiger partial charge is 0.294 e. The van der Waals surface area contributed by atoms with Crippen LogP contribution in [0.15, 0.2) is 29.1 Å². The second-order valence-corrected chi connectivity index (χ2v) is 5.08. The van der Waals surface area contributed by atoms with E-state index in [-0.39, 0.29) is 5.56 Å². The summed E-state index contributed by atoms with van der Waals surface area (Å²) in [6, 6.07) is 7.73. The van der Waals surface area contributed by atoms with Crippen LogP contribution in [0.1, 0.15) is 24.6 Å². The summed E-state index contributed by atoms with van der Waals surface area (Å²) in [6.07, 6.45) is 1.84. The van der Waals surface area contributed by atoms with Gasteiger partial charge in [0.15, 0.2) is 0 Å². The zero-order chi connectivity index (χ0) is 13.5. The molecule has 6 nitrogen and oxygen atoms in total. The molecule has 3 heterocycles. The summed E-state index contributed by atoms with van der Waals surface area (Å²) in [7, 11) is 0. The molecule has 1 aliphatic rings. The van der Waals surface area contributed by atoms with Crippen LogP contribution < -0.4 is 5.56 Å². The Balaban J connectivity index is 2.04. The van der Waals surface area contributed by atoms with Crippen LogP contribution in [0.2, 0.25) is 0 Å². The summed E-state index contributed by atoms with van der Waals surface area (Å²) in [5, 5.41) is 8.34. The minimum atomic E-state index is -0.200. The van der Waals surface area contributed by atoms with E-state index >= 15 is 0 Å². The number of hydrogen-bond acceptors (Lipinski definition) is 4. The summed E-state index contributed by atoms with van der Waals surface area (Å²) in [6.45, 7) is 1.47. The van der Waals surface area contributed by atoms with E-state index in [1.807, 2.05) is 28.7 Å². The molecule has 0 amide bonds. The van der Waals surface area contributed by atoms with Gasteiger partial charge in [-0.15, -0.1) is 10.2 Å². The van der Waals surface area contributed by atoms with Crippen molar-refractivity contribution in [1.29, 1.82) is 0 Å². The molecule has 102 valence electrons. The zero-order valence-corrected chi connectivity index (χ0v) is 10.9. The quantitative estimate of drug-likeness (QED) is 0.726. The Morgan fingerprint density at radius 3 is 2.85 bits per heavy atom. The molecule has 2 aromatic heterocycles. The number of fused-ring (bicyclic) bond motifs is 3. The second kappa shape index (κ2) is 4.42. The number of ether oxygens (including phenoxy) is 1. The fourth-order valence-electron chi connectivity index (χ4n) is 2.85. The van der Waals surface area contributed by atoms with Crippen molar-refractivity contribution in [2.75, 3.05) is 13.2 Å². The Kier molecular flexibility index (Phi) is 2.56. The maximum atomic E-state index is 12.1. The highest BCUT2D eigenvalue weighted by Gasteiger charge is 2.23. The topological polar surface area (TPSA) is 72.3 Å². The largest absolute Gasteiger partial charge is 0.381 e. The molecule has 0 unspecified atom stereocenters. The molecule has 1 N–H and O–H groups in total. The first kappa shape index (κ1) is 11.6. The number of rotatable bonds is 1. The van der Waals surface area contributed by atoms with Gasteiger partial charge in [0.25, 0.3) is 5.56 Å². The van der Waals surface area contributed by atoms with Crippen LogP contribution in [-0.2, 0) is 4.74 Å². The molecule has 1 aliphatic heterocycles. The molecule has 0 saturated carbocycles. The Morgan fingerprint density at radius 1 is 1.20 bits per heavy atom. The normalized spacial score (nSPS) is 17.0. The third-order valence-electron chi connectivity index (χ3n) is 3.87. The average molecular weight is 270 g/mol. The Labute approximate surface area is 114 Å². The maximum absolute atomic E-state index is 12.1. The SMILES string of the molecule is O=c1[nH]c2ccccc2n2c(C3CCOCC3)nnc12. The molecule has 4 rings (SSSR count). The van der Waals surface area contributed by atoms with Crippen LogP contribution in [-0.4, -0.2) is 32.8 Å². The first-order valence-electron chi connectivity index (χ1n) is 6.78. The van der Waals surface area contributed by atoms with Crippen LogP contribution in [0.3, 0.4) is 0 Å². The number of hydrogen-bond donors (Lipinski definition) is 1. The molecule has 0 bridgehead atoms. The molecule has 20 heavy (non-hydrogen) atoms. The highest BCUT2D eigenvalue weighted by Crippen LogP contribution is 2.26. The van der Waals surface area contributed by atoms with Crippen molar-refractivity contribution < 1.29 is 4.74 Å². The second-order valence-electron chi connectivity index (χ2n) is 5.08. The van der Waals surface area contributed by atoms with E-state index in [0.717, 1.165) is 42.9 Å². The van der Waals surface area contributed by atoms with Gasteiger partial charge in [-0.2, -0.15) is 0 Å². The van der Waals surface area contributed by atoms with Gasteiger partial charge in [0.1, 0.15) is 5.82 Å². The Bertz CT molecular complexity index is 830. The van der Waals surface area contributed by atoms with Gasteiger partial charge in [-0.1, -0.05) is 12.1 Å². The highest BCUT2D eigenvalue weighted by atomic mass is 16.5. The molecule has 1 saturated heterocycles. The lowest BCUT2D eigenvalue weighted by molar-refractivity contribution is 0.0834. The summed E-state index contributed by atoms with van der Waals surface area (Å²) in [5.74, 6) is 1.16. The monoisotopic (exact) mass is 270 g/mol. The van der Waals surface area contributed by atoms with Crippen molar-refractivity contribution in [3.63, 3.8) is 0 Å². The standard InChI is InChI=1S/C14H14N4O2/c19-14-13-17-16-12(9-5-7-20-8-6-9)18(13)11-4-2-1-3-10(11)15-14/h1-4,9H,5-8H2,(H,15,19). The Morgan fingerprint density at radius 2 is 2.00 bits per heavy atom. The third kappa shape index (κ3) is 1.65. The van der Waals surface area contributed by atoms with E-state index in [1.165, 1.54) is 0 Å². The minimum Gasteiger partial charge on any atom is -0.381 e. The lowest BCUT2D eigenvalue weighted by Crippen LogP contribution is -2.18. The summed E-state index contributed by atoms with van der Waals surface area (Å²) < 4.78 is 7.29. The lowest BCUT2D eigenvalue weighted by atomic mass is 9.99. The van der Waals surface area contributed by atoms with Crippen LogP contribution in [0.4, 0.5) is 0 Å². The van der Waals surface area contributed by atoms with Gasteiger partial charge < -0.3 is 9.72 Å². The van der Waals surface area contributed by atoms with Crippen LogP contribution in [0, 0.1) is 0 Å². The first-order chi connectivity index (χ1) is 9.84. The van der Waals surface area contributed by atoms with Gasteiger partial charge in [0, 0.05) is 19.1 Å².